The normalized spacial score (nSPS) is 28.6. The first-order valence-electron chi connectivity index (χ1n) is 13.3. The van der Waals surface area contributed by atoms with E-state index in [1.165, 1.54) is 0 Å². The van der Waals surface area contributed by atoms with E-state index in [-0.39, 0.29) is 36.2 Å². The van der Waals surface area contributed by atoms with Crippen LogP contribution in [-0.4, -0.2) is 75.0 Å². The minimum Gasteiger partial charge on any atom is -0.465 e. The SMILES string of the molecule is C=CCCOC(=O)[C@@H]1[C@H]2C(=O)N([C@H](CO)c3ccccc3)C(C(=O)N(CC=C)CCCC)C23CC[C@H]1S3. The van der Waals surface area contributed by atoms with Crippen molar-refractivity contribution < 1.29 is 24.2 Å². The van der Waals surface area contributed by atoms with Gasteiger partial charge in [-0.1, -0.05) is 55.8 Å². The Morgan fingerprint density at radius 2 is 2.05 bits per heavy atom. The van der Waals surface area contributed by atoms with E-state index >= 15 is 0 Å². The topological polar surface area (TPSA) is 87.1 Å². The van der Waals surface area contributed by atoms with Gasteiger partial charge in [-0.2, -0.15) is 0 Å². The smallest absolute Gasteiger partial charge is 0.310 e. The number of hydrogen-bond acceptors (Lipinski definition) is 6. The number of esters is 1. The van der Waals surface area contributed by atoms with E-state index in [9.17, 15) is 19.5 Å². The fraction of sp³-hybridized carbons (Fsp3) is 0.552. The van der Waals surface area contributed by atoms with Crippen LogP contribution in [0.4, 0.5) is 0 Å². The molecule has 0 aromatic heterocycles. The molecule has 1 spiro atoms. The van der Waals surface area contributed by atoms with Gasteiger partial charge in [0, 0.05) is 18.3 Å². The van der Waals surface area contributed by atoms with Gasteiger partial charge in [-0.3, -0.25) is 14.4 Å². The fourth-order valence-electron chi connectivity index (χ4n) is 6.31. The van der Waals surface area contributed by atoms with E-state index in [0.29, 0.717) is 25.9 Å². The minimum absolute atomic E-state index is 0.0598. The molecule has 1 N–H and O–H groups in total. The molecule has 8 heteroatoms. The number of rotatable bonds is 13. The molecule has 6 atom stereocenters. The number of ether oxygens (including phenoxy) is 1. The van der Waals surface area contributed by atoms with Crippen molar-refractivity contribution in [2.24, 2.45) is 11.8 Å². The summed E-state index contributed by atoms with van der Waals surface area (Å²) in [4.78, 5) is 45.3. The third kappa shape index (κ3) is 4.86. The van der Waals surface area contributed by atoms with Crippen LogP contribution in [0.25, 0.3) is 0 Å². The molecule has 0 aliphatic carbocycles. The van der Waals surface area contributed by atoms with Gasteiger partial charge in [0.15, 0.2) is 0 Å². The van der Waals surface area contributed by atoms with Crippen molar-refractivity contribution in [1.29, 1.82) is 0 Å². The molecule has 4 rings (SSSR count). The van der Waals surface area contributed by atoms with E-state index in [2.05, 4.69) is 20.1 Å². The number of carbonyl (C=O) groups is 3. The highest BCUT2D eigenvalue weighted by Gasteiger charge is 2.74. The van der Waals surface area contributed by atoms with Crippen molar-refractivity contribution in [2.75, 3.05) is 26.3 Å². The number of carbonyl (C=O) groups excluding carboxylic acids is 3. The van der Waals surface area contributed by atoms with Crippen LogP contribution in [0, 0.1) is 11.8 Å². The van der Waals surface area contributed by atoms with Gasteiger partial charge in [-0.15, -0.1) is 24.9 Å². The van der Waals surface area contributed by atoms with Gasteiger partial charge in [0.1, 0.15) is 6.04 Å². The summed E-state index contributed by atoms with van der Waals surface area (Å²) >= 11 is 1.61. The number of unbranched alkanes of at least 4 members (excludes halogenated alkanes) is 1. The molecule has 0 saturated carbocycles. The number of amides is 2. The summed E-state index contributed by atoms with van der Waals surface area (Å²) in [6.07, 6.45) is 7.14. The lowest BCUT2D eigenvalue weighted by Crippen LogP contribution is -2.55. The molecule has 7 nitrogen and oxygen atoms in total. The van der Waals surface area contributed by atoms with E-state index < -0.39 is 28.7 Å². The summed E-state index contributed by atoms with van der Waals surface area (Å²) in [5.41, 5.74) is 0.765. The second-order valence-corrected chi connectivity index (χ2v) is 11.7. The van der Waals surface area contributed by atoms with Crippen molar-refractivity contribution in [3.05, 3.63) is 61.2 Å². The Hall–Kier alpha value is -2.58. The van der Waals surface area contributed by atoms with E-state index in [4.69, 9.17) is 4.74 Å². The first kappa shape index (κ1) is 27.5. The number of aliphatic hydroxyl groups is 1. The maximum absolute atomic E-state index is 14.3. The third-order valence-corrected chi connectivity index (χ3v) is 9.90. The summed E-state index contributed by atoms with van der Waals surface area (Å²) in [6.45, 7) is 10.5. The van der Waals surface area contributed by atoms with Crippen molar-refractivity contribution in [1.82, 2.24) is 9.80 Å². The predicted molar refractivity (Wildman–Crippen MR) is 145 cm³/mol. The highest BCUT2D eigenvalue weighted by Crippen LogP contribution is 2.67. The minimum atomic E-state index is -0.778. The average Bonchev–Trinajstić information content (AvgIpc) is 3.55. The molecule has 37 heavy (non-hydrogen) atoms. The van der Waals surface area contributed by atoms with Gasteiger partial charge in [-0.05, 0) is 31.2 Å². The Kier molecular flexibility index (Phi) is 8.80. The Morgan fingerprint density at radius 3 is 2.70 bits per heavy atom. The number of hydrogen-bond donors (Lipinski definition) is 1. The lowest BCUT2D eigenvalue weighted by Gasteiger charge is -2.39. The summed E-state index contributed by atoms with van der Waals surface area (Å²) in [7, 11) is 0. The van der Waals surface area contributed by atoms with Crippen molar-refractivity contribution in [3.63, 3.8) is 0 Å². The molecule has 3 heterocycles. The molecule has 1 aromatic rings. The third-order valence-electron chi connectivity index (χ3n) is 7.95. The molecular weight excluding hydrogens is 488 g/mol. The molecule has 2 amide bonds. The highest BCUT2D eigenvalue weighted by atomic mass is 32.2. The predicted octanol–water partition coefficient (Wildman–Crippen LogP) is 3.75. The van der Waals surface area contributed by atoms with E-state index in [1.807, 2.05) is 30.3 Å². The molecule has 2 bridgehead atoms. The largest absolute Gasteiger partial charge is 0.465 e. The zero-order valence-electron chi connectivity index (χ0n) is 21.6. The van der Waals surface area contributed by atoms with Crippen LogP contribution in [0.5, 0.6) is 0 Å². The Balaban J connectivity index is 1.77. The van der Waals surface area contributed by atoms with Crippen molar-refractivity contribution in [3.8, 4) is 0 Å². The molecule has 3 aliphatic heterocycles. The lowest BCUT2D eigenvalue weighted by atomic mass is 9.71. The van der Waals surface area contributed by atoms with Crippen molar-refractivity contribution in [2.45, 2.75) is 61.1 Å². The van der Waals surface area contributed by atoms with Crippen LogP contribution >= 0.6 is 11.8 Å². The molecular formula is C29H38N2O5S. The summed E-state index contributed by atoms with van der Waals surface area (Å²) in [6, 6.07) is 7.87. The number of benzene rings is 1. The summed E-state index contributed by atoms with van der Waals surface area (Å²) in [5.74, 6) is -2.00. The summed E-state index contributed by atoms with van der Waals surface area (Å²) < 4.78 is 4.83. The molecule has 0 radical (unpaired) electrons. The fourth-order valence-corrected chi connectivity index (χ4v) is 8.50. The Labute approximate surface area is 223 Å². The number of fused-ring (bicyclic) bond motifs is 1. The van der Waals surface area contributed by atoms with Gasteiger partial charge in [0.2, 0.25) is 11.8 Å². The van der Waals surface area contributed by atoms with Crippen LogP contribution in [0.3, 0.4) is 0 Å². The van der Waals surface area contributed by atoms with Gasteiger partial charge in [0.25, 0.3) is 0 Å². The molecule has 3 fully saturated rings. The molecule has 200 valence electrons. The Bertz CT molecular complexity index is 1020. The summed E-state index contributed by atoms with van der Waals surface area (Å²) in [5, 5.41) is 10.5. The van der Waals surface area contributed by atoms with Crippen LogP contribution in [-0.2, 0) is 19.1 Å². The number of likely N-dealkylation sites (tertiary alicyclic amines) is 1. The van der Waals surface area contributed by atoms with E-state index in [1.54, 1.807) is 33.7 Å². The van der Waals surface area contributed by atoms with Crippen molar-refractivity contribution >= 4 is 29.5 Å². The van der Waals surface area contributed by atoms with Gasteiger partial charge in [0.05, 0.1) is 35.8 Å². The molecule has 1 aromatic carbocycles. The van der Waals surface area contributed by atoms with Crippen LogP contribution in [0.1, 0.15) is 50.6 Å². The van der Waals surface area contributed by atoms with Gasteiger partial charge >= 0.3 is 5.97 Å². The maximum atomic E-state index is 14.3. The van der Waals surface area contributed by atoms with Gasteiger partial charge in [-0.25, -0.2) is 0 Å². The first-order chi connectivity index (χ1) is 17.9. The molecule has 3 aliphatic rings. The van der Waals surface area contributed by atoms with Crippen LogP contribution in [0.2, 0.25) is 0 Å². The average molecular weight is 527 g/mol. The first-order valence-corrected chi connectivity index (χ1v) is 14.2. The maximum Gasteiger partial charge on any atom is 0.310 e. The highest BCUT2D eigenvalue weighted by molar-refractivity contribution is 8.02. The second kappa shape index (κ2) is 11.9. The standard InChI is InChI=1S/C29H38N2O5S/c1-4-7-17-30(16-6-3)27(34)25-29-15-14-22(37-29)23(28(35)36-18-8-5-2)24(29)26(33)31(25)21(19-32)20-12-10-9-11-13-20/h5-6,9-13,21-25,32H,2-4,7-8,14-19H2,1H3/t21-,22-,23+,24+,25?,29?/m1/s1. The lowest BCUT2D eigenvalue weighted by molar-refractivity contribution is -0.154. The van der Waals surface area contributed by atoms with Gasteiger partial charge < -0.3 is 19.6 Å². The quantitative estimate of drug-likeness (QED) is 0.239. The molecule has 3 saturated heterocycles. The van der Waals surface area contributed by atoms with Crippen LogP contribution in [0.15, 0.2) is 55.6 Å². The molecule has 2 unspecified atom stereocenters. The monoisotopic (exact) mass is 526 g/mol. The number of nitrogens with zero attached hydrogens (tertiary/aromatic N) is 2. The van der Waals surface area contributed by atoms with Crippen LogP contribution < -0.4 is 0 Å². The zero-order chi connectivity index (χ0) is 26.6. The number of aliphatic hydroxyl groups excluding tert-OH is 1. The second-order valence-electron chi connectivity index (χ2n) is 10.1. The Morgan fingerprint density at radius 1 is 1.30 bits per heavy atom. The number of thioether (sulfide) groups is 1. The van der Waals surface area contributed by atoms with E-state index in [0.717, 1.165) is 24.8 Å². The zero-order valence-corrected chi connectivity index (χ0v) is 22.4.